The Morgan fingerprint density at radius 3 is 2.00 bits per heavy atom. The van der Waals surface area contributed by atoms with Crippen LogP contribution >= 0.6 is 0 Å². The van der Waals surface area contributed by atoms with Gasteiger partial charge in [0.05, 0.1) is 26.4 Å². The zero-order chi connectivity index (χ0) is 27.5. The SMILES string of the molecule is COc1cc(C2=C3C(=O)OC[C@H]3Cc3cc(OC)c(OCc4ccccc4)cc32)ccc1OCc1ccccc1. The lowest BCUT2D eigenvalue weighted by atomic mass is 9.77. The van der Waals surface area contributed by atoms with Gasteiger partial charge < -0.3 is 23.7 Å². The topological polar surface area (TPSA) is 63.2 Å². The Balaban J connectivity index is 1.39. The number of cyclic esters (lactones) is 1. The van der Waals surface area contributed by atoms with Gasteiger partial charge in [0.25, 0.3) is 0 Å². The minimum atomic E-state index is -0.281. The van der Waals surface area contributed by atoms with Gasteiger partial charge in [0.15, 0.2) is 23.0 Å². The van der Waals surface area contributed by atoms with E-state index in [4.69, 9.17) is 23.7 Å². The van der Waals surface area contributed by atoms with Crippen LogP contribution in [0.15, 0.2) is 96.6 Å². The zero-order valence-corrected chi connectivity index (χ0v) is 22.5. The Labute approximate surface area is 233 Å². The number of rotatable bonds is 9. The molecule has 6 heteroatoms. The van der Waals surface area contributed by atoms with Crippen LogP contribution in [0.25, 0.3) is 5.57 Å². The molecule has 4 aromatic carbocycles. The fourth-order valence-electron chi connectivity index (χ4n) is 5.38. The first-order chi connectivity index (χ1) is 19.6. The van der Waals surface area contributed by atoms with Crippen LogP contribution in [0.1, 0.15) is 27.8 Å². The quantitative estimate of drug-likeness (QED) is 0.232. The summed E-state index contributed by atoms with van der Waals surface area (Å²) in [6.45, 7) is 1.18. The van der Waals surface area contributed by atoms with Crippen molar-refractivity contribution in [3.8, 4) is 23.0 Å². The molecular formula is C34H30O6. The number of ether oxygens (including phenoxy) is 5. The van der Waals surface area contributed by atoms with Gasteiger partial charge in [-0.2, -0.15) is 0 Å². The number of hydrogen-bond donors (Lipinski definition) is 0. The van der Waals surface area contributed by atoms with Crippen molar-refractivity contribution >= 4 is 11.5 Å². The molecule has 6 rings (SSSR count). The van der Waals surface area contributed by atoms with E-state index in [2.05, 4.69) is 0 Å². The number of esters is 1. The number of fused-ring (bicyclic) bond motifs is 2. The Morgan fingerprint density at radius 2 is 1.35 bits per heavy atom. The van der Waals surface area contributed by atoms with Crippen molar-refractivity contribution < 1.29 is 28.5 Å². The summed E-state index contributed by atoms with van der Waals surface area (Å²) in [7, 11) is 3.26. The molecule has 6 nitrogen and oxygen atoms in total. The second-order valence-electron chi connectivity index (χ2n) is 9.86. The van der Waals surface area contributed by atoms with E-state index in [1.807, 2.05) is 91.0 Å². The fourth-order valence-corrected chi connectivity index (χ4v) is 5.38. The van der Waals surface area contributed by atoms with Gasteiger partial charge in [0.2, 0.25) is 0 Å². The van der Waals surface area contributed by atoms with Crippen molar-refractivity contribution in [1.82, 2.24) is 0 Å². The molecule has 202 valence electrons. The third-order valence-corrected chi connectivity index (χ3v) is 7.36. The van der Waals surface area contributed by atoms with Gasteiger partial charge in [-0.1, -0.05) is 66.7 Å². The molecule has 0 amide bonds. The average Bonchev–Trinajstić information content (AvgIpc) is 3.38. The highest BCUT2D eigenvalue weighted by molar-refractivity contribution is 6.05. The van der Waals surface area contributed by atoms with Crippen LogP contribution in [0.3, 0.4) is 0 Å². The molecule has 1 aliphatic heterocycles. The van der Waals surface area contributed by atoms with Gasteiger partial charge >= 0.3 is 5.97 Å². The van der Waals surface area contributed by atoms with E-state index in [-0.39, 0.29) is 11.9 Å². The first-order valence-corrected chi connectivity index (χ1v) is 13.3. The van der Waals surface area contributed by atoms with Gasteiger partial charge in [-0.25, -0.2) is 4.79 Å². The van der Waals surface area contributed by atoms with Gasteiger partial charge in [0, 0.05) is 11.5 Å². The van der Waals surface area contributed by atoms with Gasteiger partial charge in [-0.3, -0.25) is 0 Å². The standard InChI is InChI=1S/C34H30O6/c1-36-29-16-24(13-14-28(29)38-19-22-9-5-3-6-10-22)32-27-18-31(39-20-23-11-7-4-8-12-23)30(37-2)17-25(27)15-26-21-40-34(35)33(26)32/h3-14,16-18,26H,15,19-21H2,1-2H3/t26-/m1/s1. The minimum absolute atomic E-state index is 0.0317. The van der Waals surface area contributed by atoms with Crippen LogP contribution in [0, 0.1) is 5.92 Å². The Kier molecular flexibility index (Phi) is 7.15. The smallest absolute Gasteiger partial charge is 0.335 e. The number of carbonyl (C=O) groups is 1. The van der Waals surface area contributed by atoms with Crippen LogP contribution in [0.5, 0.6) is 23.0 Å². The Hall–Kier alpha value is -4.71. The summed E-state index contributed by atoms with van der Waals surface area (Å²) in [5, 5.41) is 0. The van der Waals surface area contributed by atoms with Crippen LogP contribution in [-0.2, 0) is 29.2 Å². The van der Waals surface area contributed by atoms with Crippen molar-refractivity contribution in [2.24, 2.45) is 5.92 Å². The lowest BCUT2D eigenvalue weighted by molar-refractivity contribution is -0.135. The van der Waals surface area contributed by atoms with E-state index in [0.29, 0.717) is 54.8 Å². The molecule has 0 saturated carbocycles. The molecule has 0 radical (unpaired) electrons. The summed E-state index contributed by atoms with van der Waals surface area (Å²) in [5.74, 6) is 2.18. The summed E-state index contributed by atoms with van der Waals surface area (Å²) in [6.07, 6.45) is 0.685. The normalized spacial score (nSPS) is 15.7. The van der Waals surface area contributed by atoms with E-state index < -0.39 is 0 Å². The monoisotopic (exact) mass is 534 g/mol. The van der Waals surface area contributed by atoms with E-state index in [1.54, 1.807) is 14.2 Å². The minimum Gasteiger partial charge on any atom is -0.493 e. The molecule has 0 spiro atoms. The maximum Gasteiger partial charge on any atom is 0.335 e. The van der Waals surface area contributed by atoms with Crippen LogP contribution in [0.2, 0.25) is 0 Å². The van der Waals surface area contributed by atoms with E-state index in [0.717, 1.165) is 33.4 Å². The van der Waals surface area contributed by atoms with Crippen LogP contribution in [-0.4, -0.2) is 26.8 Å². The van der Waals surface area contributed by atoms with Crippen molar-refractivity contribution in [1.29, 1.82) is 0 Å². The summed E-state index contributed by atoms with van der Waals surface area (Å²) < 4.78 is 29.3. The maximum atomic E-state index is 13.0. The lowest BCUT2D eigenvalue weighted by Crippen LogP contribution is -2.17. The molecule has 0 aromatic heterocycles. The highest BCUT2D eigenvalue weighted by Gasteiger charge is 2.39. The predicted octanol–water partition coefficient (Wildman–Crippen LogP) is 6.39. The number of benzene rings is 4. The zero-order valence-electron chi connectivity index (χ0n) is 22.5. The molecule has 0 unspecified atom stereocenters. The average molecular weight is 535 g/mol. The maximum absolute atomic E-state index is 13.0. The molecule has 1 fully saturated rings. The molecule has 1 heterocycles. The van der Waals surface area contributed by atoms with Crippen molar-refractivity contribution in [3.63, 3.8) is 0 Å². The summed E-state index contributed by atoms with van der Waals surface area (Å²) in [5.41, 5.74) is 6.48. The molecule has 1 atom stereocenters. The number of hydrogen-bond acceptors (Lipinski definition) is 6. The third-order valence-electron chi connectivity index (χ3n) is 7.36. The molecule has 1 saturated heterocycles. The largest absolute Gasteiger partial charge is 0.493 e. The second-order valence-corrected chi connectivity index (χ2v) is 9.86. The highest BCUT2D eigenvalue weighted by atomic mass is 16.5. The number of carbonyl (C=O) groups excluding carboxylic acids is 1. The third kappa shape index (κ3) is 5.00. The molecule has 0 bridgehead atoms. The van der Waals surface area contributed by atoms with E-state index in [9.17, 15) is 4.79 Å². The molecule has 40 heavy (non-hydrogen) atoms. The van der Waals surface area contributed by atoms with E-state index in [1.165, 1.54) is 0 Å². The van der Waals surface area contributed by atoms with E-state index >= 15 is 0 Å². The Morgan fingerprint density at radius 1 is 0.725 bits per heavy atom. The molecule has 0 N–H and O–H groups in total. The Bertz CT molecular complexity index is 1560. The van der Waals surface area contributed by atoms with Crippen LogP contribution < -0.4 is 18.9 Å². The summed E-state index contributed by atoms with van der Waals surface area (Å²) >= 11 is 0. The summed E-state index contributed by atoms with van der Waals surface area (Å²) in [4.78, 5) is 13.0. The highest BCUT2D eigenvalue weighted by Crippen LogP contribution is 2.47. The van der Waals surface area contributed by atoms with Crippen LogP contribution in [0.4, 0.5) is 0 Å². The number of methoxy groups -OCH3 is 2. The van der Waals surface area contributed by atoms with Crippen molar-refractivity contribution in [2.45, 2.75) is 19.6 Å². The first-order valence-electron chi connectivity index (χ1n) is 13.3. The summed E-state index contributed by atoms with van der Waals surface area (Å²) in [6, 6.07) is 29.7. The van der Waals surface area contributed by atoms with Crippen molar-refractivity contribution in [3.05, 3.63) is 124 Å². The molecular weight excluding hydrogens is 504 g/mol. The molecule has 4 aromatic rings. The van der Waals surface area contributed by atoms with Crippen molar-refractivity contribution in [2.75, 3.05) is 20.8 Å². The van der Waals surface area contributed by atoms with Gasteiger partial charge in [0.1, 0.15) is 13.2 Å². The second kappa shape index (κ2) is 11.2. The van der Waals surface area contributed by atoms with Gasteiger partial charge in [-0.15, -0.1) is 0 Å². The van der Waals surface area contributed by atoms with Gasteiger partial charge in [-0.05, 0) is 58.5 Å². The predicted molar refractivity (Wildman–Crippen MR) is 152 cm³/mol. The molecule has 2 aliphatic rings. The lowest BCUT2D eigenvalue weighted by Gasteiger charge is -2.26. The first kappa shape index (κ1) is 25.6. The molecule has 1 aliphatic carbocycles. The fraction of sp³-hybridized carbons (Fsp3) is 0.206.